The molecule has 28 heavy (non-hydrogen) atoms. The van der Waals surface area contributed by atoms with Crippen LogP contribution in [0.15, 0.2) is 36.5 Å². The smallest absolute Gasteiger partial charge is 0.357 e. The number of carbonyl (C=O) groups excluding carboxylic acids is 2. The second-order valence-electron chi connectivity index (χ2n) is 6.99. The van der Waals surface area contributed by atoms with Crippen molar-refractivity contribution in [2.45, 2.75) is 26.4 Å². The molecular formula is C20H25N3O5. The largest absolute Gasteiger partial charge is 0.492 e. The maximum absolute atomic E-state index is 12.1. The van der Waals surface area contributed by atoms with Gasteiger partial charge >= 0.3 is 11.9 Å². The zero-order valence-corrected chi connectivity index (χ0v) is 16.4. The number of nitrogens with two attached hydrogens (primary N) is 1. The summed E-state index contributed by atoms with van der Waals surface area (Å²) < 4.78 is 15.6. The summed E-state index contributed by atoms with van der Waals surface area (Å²) in [5.74, 6) is -0.504. The van der Waals surface area contributed by atoms with E-state index in [9.17, 15) is 9.59 Å². The molecule has 0 aliphatic carbocycles. The highest BCUT2D eigenvalue weighted by atomic mass is 16.6. The number of nitrogens with one attached hydrogen (secondary N) is 1. The molecule has 0 amide bonds. The predicted molar refractivity (Wildman–Crippen MR) is 106 cm³/mol. The Hall–Kier alpha value is -3.29. The molecule has 0 saturated heterocycles. The lowest BCUT2D eigenvalue weighted by Gasteiger charge is -2.19. The van der Waals surface area contributed by atoms with Crippen LogP contribution in [0.4, 0.5) is 11.4 Å². The molecule has 0 atom stereocenters. The maximum Gasteiger partial charge on any atom is 0.357 e. The Kier molecular flexibility index (Phi) is 6.81. The van der Waals surface area contributed by atoms with Gasteiger partial charge in [-0.2, -0.15) is 0 Å². The molecule has 150 valence electrons. The fourth-order valence-corrected chi connectivity index (χ4v) is 2.29. The molecule has 0 bridgehead atoms. The number of esters is 2. The van der Waals surface area contributed by atoms with Crippen molar-refractivity contribution in [1.82, 2.24) is 4.98 Å². The number of nitrogens with zero attached hydrogens (tertiary/aromatic N) is 1. The average molecular weight is 387 g/mol. The molecule has 0 aliphatic heterocycles. The van der Waals surface area contributed by atoms with E-state index in [2.05, 4.69) is 15.0 Å². The van der Waals surface area contributed by atoms with Gasteiger partial charge in [0.1, 0.15) is 23.7 Å². The van der Waals surface area contributed by atoms with Crippen LogP contribution < -0.4 is 15.8 Å². The van der Waals surface area contributed by atoms with Crippen LogP contribution in [-0.2, 0) is 9.47 Å². The Bertz CT molecular complexity index is 846. The first-order chi connectivity index (χ1) is 13.2. The standard InChI is InChI=1S/C20H25N3O5/c1-20(2,3)28-19(25)17-12-15(5-6-23-17)22-7-8-27-16-10-13(18(24)26-4)9-14(21)11-16/h5-6,9-12H,7-8,21H2,1-4H3,(H,22,23). The molecule has 8 nitrogen and oxygen atoms in total. The normalized spacial score (nSPS) is 10.9. The Morgan fingerprint density at radius 1 is 1.14 bits per heavy atom. The highest BCUT2D eigenvalue weighted by Gasteiger charge is 2.19. The van der Waals surface area contributed by atoms with Crippen LogP contribution in [0.25, 0.3) is 0 Å². The number of anilines is 2. The van der Waals surface area contributed by atoms with E-state index in [0.717, 1.165) is 0 Å². The van der Waals surface area contributed by atoms with E-state index >= 15 is 0 Å². The molecule has 2 aromatic rings. The number of hydrogen-bond donors (Lipinski definition) is 2. The van der Waals surface area contributed by atoms with E-state index in [4.69, 9.17) is 15.2 Å². The van der Waals surface area contributed by atoms with E-state index in [1.165, 1.54) is 19.4 Å². The third-order valence-corrected chi connectivity index (χ3v) is 3.42. The maximum atomic E-state index is 12.1. The van der Waals surface area contributed by atoms with E-state index in [0.29, 0.717) is 35.8 Å². The fraction of sp³-hybridized carbons (Fsp3) is 0.350. The Morgan fingerprint density at radius 3 is 2.57 bits per heavy atom. The van der Waals surface area contributed by atoms with Crippen LogP contribution in [0, 0.1) is 0 Å². The molecule has 0 saturated carbocycles. The van der Waals surface area contributed by atoms with Gasteiger partial charge in [0, 0.05) is 30.2 Å². The third-order valence-electron chi connectivity index (χ3n) is 3.42. The van der Waals surface area contributed by atoms with Gasteiger partial charge in [0.05, 0.1) is 12.7 Å². The molecule has 2 rings (SSSR count). The summed E-state index contributed by atoms with van der Waals surface area (Å²) in [5, 5.41) is 3.14. The third kappa shape index (κ3) is 6.46. The summed E-state index contributed by atoms with van der Waals surface area (Å²) >= 11 is 0. The highest BCUT2D eigenvalue weighted by molar-refractivity contribution is 5.91. The number of hydrogen-bond acceptors (Lipinski definition) is 8. The summed E-state index contributed by atoms with van der Waals surface area (Å²) in [6.45, 7) is 6.17. The molecule has 0 aliphatic rings. The summed E-state index contributed by atoms with van der Waals surface area (Å²) in [4.78, 5) is 27.7. The minimum Gasteiger partial charge on any atom is -0.492 e. The van der Waals surface area contributed by atoms with Gasteiger partial charge in [0.2, 0.25) is 0 Å². The molecule has 1 heterocycles. The Balaban J connectivity index is 1.91. The molecule has 0 unspecified atom stereocenters. The van der Waals surface area contributed by atoms with Gasteiger partial charge in [-0.15, -0.1) is 0 Å². The quantitative estimate of drug-likeness (QED) is 0.424. The molecule has 0 radical (unpaired) electrons. The molecule has 0 spiro atoms. The first kappa shape index (κ1) is 21.0. The minimum atomic E-state index is -0.587. The number of aromatic nitrogens is 1. The second kappa shape index (κ2) is 9.07. The molecule has 1 aromatic heterocycles. The number of carbonyl (C=O) groups is 2. The van der Waals surface area contributed by atoms with Crippen LogP contribution in [0.5, 0.6) is 5.75 Å². The van der Waals surface area contributed by atoms with Crippen molar-refractivity contribution in [3.63, 3.8) is 0 Å². The number of nitrogen functional groups attached to an aromatic ring is 1. The van der Waals surface area contributed by atoms with Crippen molar-refractivity contribution >= 4 is 23.3 Å². The van der Waals surface area contributed by atoms with Crippen molar-refractivity contribution < 1.29 is 23.8 Å². The van der Waals surface area contributed by atoms with Gasteiger partial charge in [0.15, 0.2) is 0 Å². The summed E-state index contributed by atoms with van der Waals surface area (Å²) in [6.07, 6.45) is 1.53. The van der Waals surface area contributed by atoms with Crippen molar-refractivity contribution in [1.29, 1.82) is 0 Å². The van der Waals surface area contributed by atoms with Crippen molar-refractivity contribution in [3.05, 3.63) is 47.8 Å². The molecule has 1 aromatic carbocycles. The lowest BCUT2D eigenvalue weighted by molar-refractivity contribution is 0.00627. The number of benzene rings is 1. The number of pyridine rings is 1. The minimum absolute atomic E-state index is 0.222. The number of ether oxygens (including phenoxy) is 3. The lowest BCUT2D eigenvalue weighted by atomic mass is 10.2. The molecule has 8 heteroatoms. The molecule has 0 fully saturated rings. The zero-order valence-electron chi connectivity index (χ0n) is 16.4. The van der Waals surface area contributed by atoms with E-state index < -0.39 is 17.5 Å². The monoisotopic (exact) mass is 387 g/mol. The van der Waals surface area contributed by atoms with E-state index in [-0.39, 0.29) is 5.69 Å². The summed E-state index contributed by atoms with van der Waals surface area (Å²) in [7, 11) is 1.30. The predicted octanol–water partition coefficient (Wildman–Crippen LogP) is 2.90. The average Bonchev–Trinajstić information content (AvgIpc) is 2.63. The van der Waals surface area contributed by atoms with Crippen LogP contribution in [0.3, 0.4) is 0 Å². The van der Waals surface area contributed by atoms with Crippen LogP contribution >= 0.6 is 0 Å². The van der Waals surface area contributed by atoms with E-state index in [1.54, 1.807) is 45.0 Å². The topological polar surface area (TPSA) is 113 Å². The highest BCUT2D eigenvalue weighted by Crippen LogP contribution is 2.20. The van der Waals surface area contributed by atoms with Gasteiger partial charge in [-0.1, -0.05) is 0 Å². The Morgan fingerprint density at radius 2 is 1.89 bits per heavy atom. The zero-order chi connectivity index (χ0) is 20.7. The van der Waals surface area contributed by atoms with Crippen LogP contribution in [0.1, 0.15) is 41.6 Å². The first-order valence-corrected chi connectivity index (χ1v) is 8.73. The number of rotatable bonds is 7. The van der Waals surface area contributed by atoms with Gasteiger partial charge < -0.3 is 25.3 Å². The Labute approximate surface area is 164 Å². The summed E-state index contributed by atoms with van der Waals surface area (Å²) in [6, 6.07) is 8.06. The van der Waals surface area contributed by atoms with Gasteiger partial charge in [-0.05, 0) is 45.0 Å². The molecular weight excluding hydrogens is 362 g/mol. The van der Waals surface area contributed by atoms with Crippen molar-refractivity contribution in [2.24, 2.45) is 0 Å². The summed E-state index contributed by atoms with van der Waals surface area (Å²) in [5.41, 5.74) is 6.85. The SMILES string of the molecule is COC(=O)c1cc(N)cc(OCCNc2ccnc(C(=O)OC(C)(C)C)c2)c1. The number of methoxy groups -OCH3 is 1. The van der Waals surface area contributed by atoms with Gasteiger partial charge in [0.25, 0.3) is 0 Å². The molecule has 3 N–H and O–H groups in total. The van der Waals surface area contributed by atoms with Crippen molar-refractivity contribution in [3.8, 4) is 5.75 Å². The first-order valence-electron chi connectivity index (χ1n) is 8.73. The van der Waals surface area contributed by atoms with Crippen LogP contribution in [0.2, 0.25) is 0 Å². The van der Waals surface area contributed by atoms with E-state index in [1.807, 2.05) is 0 Å². The van der Waals surface area contributed by atoms with Gasteiger partial charge in [-0.3, -0.25) is 0 Å². The second-order valence-corrected chi connectivity index (χ2v) is 6.99. The lowest BCUT2D eigenvalue weighted by Crippen LogP contribution is -2.24. The van der Waals surface area contributed by atoms with Gasteiger partial charge in [-0.25, -0.2) is 14.6 Å². The fourth-order valence-electron chi connectivity index (χ4n) is 2.29. The van der Waals surface area contributed by atoms with Crippen LogP contribution in [-0.4, -0.2) is 42.8 Å². The van der Waals surface area contributed by atoms with Crippen molar-refractivity contribution in [2.75, 3.05) is 31.3 Å².